The van der Waals surface area contributed by atoms with Gasteiger partial charge in [-0.2, -0.15) is 0 Å². The van der Waals surface area contributed by atoms with Gasteiger partial charge in [0.15, 0.2) is 0 Å². The second-order valence-corrected chi connectivity index (χ2v) is 11.5. The normalized spacial score (nSPS) is 24.6. The van der Waals surface area contributed by atoms with E-state index >= 15 is 0 Å². The van der Waals surface area contributed by atoms with E-state index in [4.69, 9.17) is 23.2 Å². The monoisotopic (exact) mass is 536 g/mol. The van der Waals surface area contributed by atoms with Crippen LogP contribution in [-0.2, 0) is 9.59 Å². The van der Waals surface area contributed by atoms with E-state index < -0.39 is 11.4 Å². The third kappa shape index (κ3) is 5.53. The summed E-state index contributed by atoms with van der Waals surface area (Å²) in [6.07, 6.45) is 4.94. The minimum Gasteiger partial charge on any atom is -0.481 e. The molecule has 1 saturated carbocycles. The highest BCUT2D eigenvalue weighted by molar-refractivity contribution is 6.30. The number of halogens is 2. The van der Waals surface area contributed by atoms with E-state index in [9.17, 15) is 14.7 Å². The maximum atomic E-state index is 14.5. The third-order valence-electron chi connectivity index (χ3n) is 7.75. The highest BCUT2D eigenvalue weighted by Gasteiger charge is 2.53. The molecule has 1 amide bonds. The van der Waals surface area contributed by atoms with E-state index in [2.05, 4.69) is 4.98 Å². The number of carbonyl (C=O) groups is 2. The Labute approximate surface area is 227 Å². The van der Waals surface area contributed by atoms with Crippen LogP contribution >= 0.6 is 23.2 Å². The standard InChI is InChI=1S/C30H30Cl2N2O3/c1-30(18-27(35)36)17-24(21-5-4-6-23(32)16-21)28(20-10-12-22(31)13-11-20)34(29(30)37)26(15-19-8-9-19)25-7-2-3-14-33-25/h2-7,10-14,16,19,24,26,28H,8-9,15,17-18H2,1H3,(H,35,36)/t24-,26+,28-,30+/m1/s1. The SMILES string of the molecule is C[C@@]1(CC(=O)O)C[C@H](c2cccc(Cl)c2)[C@@H](c2ccc(Cl)cc2)N([C@@H](CC2CC2)c2ccccn2)C1=O. The molecule has 3 aromatic rings. The van der Waals surface area contributed by atoms with Crippen molar-refractivity contribution in [3.63, 3.8) is 0 Å². The number of likely N-dealkylation sites (tertiary alicyclic amines) is 1. The van der Waals surface area contributed by atoms with E-state index in [1.54, 1.807) is 13.1 Å². The van der Waals surface area contributed by atoms with Crippen LogP contribution in [-0.4, -0.2) is 26.9 Å². The predicted molar refractivity (Wildman–Crippen MR) is 145 cm³/mol. The molecule has 0 spiro atoms. The highest BCUT2D eigenvalue weighted by atomic mass is 35.5. The predicted octanol–water partition coefficient (Wildman–Crippen LogP) is 7.47. The zero-order valence-corrected chi connectivity index (χ0v) is 22.2. The van der Waals surface area contributed by atoms with Crippen molar-refractivity contribution < 1.29 is 14.7 Å². The number of amides is 1. The average Bonchev–Trinajstić information content (AvgIpc) is 3.69. The van der Waals surface area contributed by atoms with Gasteiger partial charge in [-0.1, -0.05) is 73.3 Å². The molecule has 4 atom stereocenters. The maximum Gasteiger partial charge on any atom is 0.304 e. The van der Waals surface area contributed by atoms with Crippen LogP contribution in [0.5, 0.6) is 0 Å². The van der Waals surface area contributed by atoms with Crippen LogP contribution in [0.4, 0.5) is 0 Å². The quantitative estimate of drug-likeness (QED) is 0.324. The molecule has 5 rings (SSSR count). The third-order valence-corrected chi connectivity index (χ3v) is 8.24. The summed E-state index contributed by atoms with van der Waals surface area (Å²) >= 11 is 12.7. The Bertz CT molecular complexity index is 1280. The van der Waals surface area contributed by atoms with Gasteiger partial charge in [0.25, 0.3) is 0 Å². The van der Waals surface area contributed by atoms with Crippen molar-refractivity contribution in [3.05, 3.63) is 99.8 Å². The first-order valence-electron chi connectivity index (χ1n) is 12.7. The summed E-state index contributed by atoms with van der Waals surface area (Å²) in [5.41, 5.74) is 1.67. The van der Waals surface area contributed by atoms with Crippen molar-refractivity contribution in [3.8, 4) is 0 Å². The summed E-state index contributed by atoms with van der Waals surface area (Å²) in [6, 6.07) is 20.5. The molecule has 1 aliphatic carbocycles. The Hall–Kier alpha value is -2.89. The lowest BCUT2D eigenvalue weighted by Crippen LogP contribution is -2.53. The molecule has 0 radical (unpaired) electrons. The van der Waals surface area contributed by atoms with E-state index in [1.165, 1.54) is 0 Å². The number of aliphatic carboxylic acids is 1. The Balaban J connectivity index is 1.72. The first kappa shape index (κ1) is 25.7. The minimum absolute atomic E-state index is 0.149. The van der Waals surface area contributed by atoms with Gasteiger partial charge in [0.05, 0.1) is 29.6 Å². The van der Waals surface area contributed by atoms with Gasteiger partial charge in [0.1, 0.15) is 0 Å². The van der Waals surface area contributed by atoms with Crippen LogP contribution in [0, 0.1) is 11.3 Å². The average molecular weight is 537 g/mol. The second kappa shape index (κ2) is 10.5. The van der Waals surface area contributed by atoms with Crippen LogP contribution in [0.25, 0.3) is 0 Å². The number of hydrogen-bond acceptors (Lipinski definition) is 3. The molecule has 0 unspecified atom stereocenters. The number of pyridine rings is 1. The molecule has 2 aliphatic rings. The Morgan fingerprint density at radius 3 is 2.43 bits per heavy atom. The Morgan fingerprint density at radius 1 is 1.05 bits per heavy atom. The van der Waals surface area contributed by atoms with Gasteiger partial charge in [-0.25, -0.2) is 0 Å². The number of nitrogens with zero attached hydrogens (tertiary/aromatic N) is 2. The second-order valence-electron chi connectivity index (χ2n) is 10.7. The number of rotatable bonds is 8. The molecule has 2 fully saturated rings. The van der Waals surface area contributed by atoms with Crippen molar-refractivity contribution in [2.45, 2.75) is 57.0 Å². The molecule has 2 heterocycles. The van der Waals surface area contributed by atoms with Gasteiger partial charge in [0.2, 0.25) is 5.91 Å². The molecule has 37 heavy (non-hydrogen) atoms. The molecule has 0 bridgehead atoms. The van der Waals surface area contributed by atoms with E-state index in [1.807, 2.05) is 71.6 Å². The Kier molecular flexibility index (Phi) is 7.28. The van der Waals surface area contributed by atoms with Gasteiger partial charge in [0, 0.05) is 22.2 Å². The fraction of sp³-hybridized carbons (Fsp3) is 0.367. The van der Waals surface area contributed by atoms with Crippen LogP contribution in [0.15, 0.2) is 72.9 Å². The molecule has 1 aliphatic heterocycles. The smallest absolute Gasteiger partial charge is 0.304 e. The zero-order valence-electron chi connectivity index (χ0n) is 20.7. The first-order valence-corrected chi connectivity index (χ1v) is 13.5. The number of piperidine rings is 1. The van der Waals surface area contributed by atoms with Gasteiger partial charge < -0.3 is 10.0 Å². The molecule has 1 saturated heterocycles. The molecule has 5 nitrogen and oxygen atoms in total. The van der Waals surface area contributed by atoms with Crippen LogP contribution in [0.1, 0.15) is 73.9 Å². The summed E-state index contributed by atoms with van der Waals surface area (Å²) in [5.74, 6) is -0.790. The molecule has 1 N–H and O–H groups in total. The molecule has 1 aromatic heterocycles. The zero-order chi connectivity index (χ0) is 26.2. The number of benzene rings is 2. The summed E-state index contributed by atoms with van der Waals surface area (Å²) in [5, 5.41) is 11.1. The van der Waals surface area contributed by atoms with Crippen molar-refractivity contribution in [2.75, 3.05) is 0 Å². The van der Waals surface area contributed by atoms with Crippen molar-refractivity contribution >= 4 is 35.1 Å². The van der Waals surface area contributed by atoms with Crippen LogP contribution in [0.3, 0.4) is 0 Å². The summed E-state index contributed by atoms with van der Waals surface area (Å²) in [7, 11) is 0. The summed E-state index contributed by atoms with van der Waals surface area (Å²) in [6.45, 7) is 1.79. The van der Waals surface area contributed by atoms with Gasteiger partial charge >= 0.3 is 5.97 Å². The van der Waals surface area contributed by atoms with E-state index in [0.717, 1.165) is 36.1 Å². The molecule has 7 heteroatoms. The van der Waals surface area contributed by atoms with E-state index in [-0.39, 0.29) is 30.3 Å². The topological polar surface area (TPSA) is 70.5 Å². The van der Waals surface area contributed by atoms with Gasteiger partial charge in [-0.05, 0) is 66.3 Å². The van der Waals surface area contributed by atoms with Crippen molar-refractivity contribution in [1.29, 1.82) is 0 Å². The first-order chi connectivity index (χ1) is 17.7. The van der Waals surface area contributed by atoms with Gasteiger partial charge in [-0.3, -0.25) is 14.6 Å². The number of carboxylic acid groups (broad SMARTS) is 1. The van der Waals surface area contributed by atoms with Crippen LogP contribution < -0.4 is 0 Å². The lowest BCUT2D eigenvalue weighted by molar-refractivity contribution is -0.161. The summed E-state index contributed by atoms with van der Waals surface area (Å²) < 4.78 is 0. The fourth-order valence-corrected chi connectivity index (χ4v) is 6.17. The molecule has 192 valence electrons. The number of hydrogen-bond donors (Lipinski definition) is 1. The Morgan fingerprint density at radius 2 is 1.81 bits per heavy atom. The number of carbonyl (C=O) groups excluding carboxylic acids is 1. The number of aromatic nitrogens is 1. The van der Waals surface area contributed by atoms with Crippen molar-refractivity contribution in [1.82, 2.24) is 9.88 Å². The largest absolute Gasteiger partial charge is 0.481 e. The lowest BCUT2D eigenvalue weighted by Gasteiger charge is -2.52. The highest BCUT2D eigenvalue weighted by Crippen LogP contribution is 2.55. The molecule has 2 aromatic carbocycles. The molecular weight excluding hydrogens is 507 g/mol. The van der Waals surface area contributed by atoms with E-state index in [0.29, 0.717) is 22.4 Å². The molecular formula is C30H30Cl2N2O3. The fourth-order valence-electron chi connectivity index (χ4n) is 5.84. The lowest BCUT2D eigenvalue weighted by atomic mass is 9.66. The van der Waals surface area contributed by atoms with Crippen LogP contribution in [0.2, 0.25) is 10.0 Å². The van der Waals surface area contributed by atoms with Crippen molar-refractivity contribution in [2.24, 2.45) is 11.3 Å². The summed E-state index contributed by atoms with van der Waals surface area (Å²) in [4.78, 5) is 33.1. The van der Waals surface area contributed by atoms with Gasteiger partial charge in [-0.15, -0.1) is 0 Å². The maximum absolute atomic E-state index is 14.5. The number of carboxylic acids is 1. The minimum atomic E-state index is -1.08.